The van der Waals surface area contributed by atoms with Gasteiger partial charge in [-0.15, -0.1) is 0 Å². The van der Waals surface area contributed by atoms with Crippen molar-refractivity contribution in [2.24, 2.45) is 11.8 Å². The molecule has 1 unspecified atom stereocenters. The van der Waals surface area contributed by atoms with Crippen molar-refractivity contribution < 1.29 is 19.6 Å². The number of hydrogen-bond acceptors (Lipinski definition) is 5. The summed E-state index contributed by atoms with van der Waals surface area (Å²) in [5.74, 6) is -1.15. The Labute approximate surface area is 126 Å². The van der Waals surface area contributed by atoms with Gasteiger partial charge in [0.05, 0.1) is 10.5 Å². The number of aliphatic carboxylic acids is 1. The first-order valence-electron chi connectivity index (χ1n) is 6.52. The van der Waals surface area contributed by atoms with Crippen LogP contribution in [0.15, 0.2) is 11.4 Å². The number of rotatable bonds is 8. The molecule has 116 valence electrons. The van der Waals surface area contributed by atoms with Gasteiger partial charge < -0.3 is 10.4 Å². The number of nitro groups is 1. The van der Waals surface area contributed by atoms with E-state index in [4.69, 9.17) is 5.11 Å². The van der Waals surface area contributed by atoms with E-state index in [0.717, 1.165) is 11.3 Å². The Balaban J connectivity index is 2.59. The molecule has 0 fully saturated rings. The highest BCUT2D eigenvalue weighted by Gasteiger charge is 2.18. The Morgan fingerprint density at radius 3 is 2.62 bits per heavy atom. The maximum atomic E-state index is 11.9. The first kappa shape index (κ1) is 17.1. The van der Waals surface area contributed by atoms with E-state index in [0.29, 0.717) is 12.3 Å². The molecular formula is C13H18N2O5S. The maximum Gasteiger partial charge on any atom is 0.324 e. The van der Waals surface area contributed by atoms with Crippen LogP contribution in [0.1, 0.15) is 37.0 Å². The van der Waals surface area contributed by atoms with Crippen LogP contribution in [0.25, 0.3) is 0 Å². The topological polar surface area (TPSA) is 110 Å². The number of nitrogens with zero attached hydrogens (tertiary/aromatic N) is 1. The average molecular weight is 314 g/mol. The molecule has 1 aromatic heterocycles. The monoisotopic (exact) mass is 314 g/mol. The Morgan fingerprint density at radius 2 is 2.14 bits per heavy atom. The third kappa shape index (κ3) is 5.90. The molecule has 21 heavy (non-hydrogen) atoms. The second-order valence-corrected chi connectivity index (χ2v) is 6.12. The van der Waals surface area contributed by atoms with Crippen molar-refractivity contribution in [3.8, 4) is 0 Å². The summed E-state index contributed by atoms with van der Waals surface area (Å²) in [7, 11) is 0. The van der Waals surface area contributed by atoms with Crippen molar-refractivity contribution in [1.82, 2.24) is 5.32 Å². The third-order valence-corrected chi connectivity index (χ3v) is 3.73. The largest absolute Gasteiger partial charge is 0.481 e. The van der Waals surface area contributed by atoms with Crippen molar-refractivity contribution in [3.05, 3.63) is 27.1 Å². The van der Waals surface area contributed by atoms with Gasteiger partial charge in [-0.25, -0.2) is 0 Å². The van der Waals surface area contributed by atoms with Crippen LogP contribution < -0.4 is 5.32 Å². The summed E-state index contributed by atoms with van der Waals surface area (Å²) in [6.07, 6.45) is 0.679. The number of carbonyl (C=O) groups is 2. The van der Waals surface area contributed by atoms with Crippen LogP contribution in [0, 0.1) is 22.0 Å². The summed E-state index contributed by atoms with van der Waals surface area (Å²) < 4.78 is 0. The van der Waals surface area contributed by atoms with E-state index in [2.05, 4.69) is 5.32 Å². The predicted molar refractivity (Wildman–Crippen MR) is 78.5 cm³/mol. The highest BCUT2D eigenvalue weighted by Crippen LogP contribution is 2.22. The summed E-state index contributed by atoms with van der Waals surface area (Å²) in [4.78, 5) is 32.7. The van der Waals surface area contributed by atoms with Crippen LogP contribution in [0.5, 0.6) is 0 Å². The third-order valence-electron chi connectivity index (χ3n) is 2.85. The second-order valence-electron chi connectivity index (χ2n) is 5.23. The van der Waals surface area contributed by atoms with E-state index in [-0.39, 0.29) is 29.4 Å². The van der Waals surface area contributed by atoms with Crippen LogP contribution in [-0.2, 0) is 4.79 Å². The minimum atomic E-state index is -0.902. The zero-order valence-corrected chi connectivity index (χ0v) is 12.7. The molecule has 0 saturated heterocycles. The van der Waals surface area contributed by atoms with Crippen molar-refractivity contribution in [2.45, 2.75) is 26.7 Å². The van der Waals surface area contributed by atoms with Gasteiger partial charge in [0, 0.05) is 24.4 Å². The van der Waals surface area contributed by atoms with Gasteiger partial charge in [0.25, 0.3) is 5.91 Å². The molecule has 0 aliphatic heterocycles. The van der Waals surface area contributed by atoms with Gasteiger partial charge in [0.15, 0.2) is 0 Å². The number of hydrogen-bond donors (Lipinski definition) is 2. The zero-order valence-electron chi connectivity index (χ0n) is 11.9. The molecule has 7 nitrogen and oxygen atoms in total. The lowest BCUT2D eigenvalue weighted by atomic mass is 9.94. The van der Waals surface area contributed by atoms with E-state index >= 15 is 0 Å². The molecule has 8 heteroatoms. The number of carboxylic acid groups (broad SMARTS) is 1. The lowest BCUT2D eigenvalue weighted by Gasteiger charge is -2.17. The fourth-order valence-electron chi connectivity index (χ4n) is 2.03. The van der Waals surface area contributed by atoms with E-state index < -0.39 is 16.8 Å². The number of carbonyl (C=O) groups excluding carboxylic acids is 1. The van der Waals surface area contributed by atoms with E-state index in [1.165, 1.54) is 11.4 Å². The molecule has 0 spiro atoms. The molecule has 0 aliphatic carbocycles. The van der Waals surface area contributed by atoms with Gasteiger partial charge in [-0.2, -0.15) is 0 Å². The molecule has 1 aromatic rings. The first-order chi connectivity index (χ1) is 9.79. The number of amides is 1. The van der Waals surface area contributed by atoms with Crippen LogP contribution in [0.4, 0.5) is 5.00 Å². The highest BCUT2D eigenvalue weighted by atomic mass is 32.1. The number of carboxylic acids is 1. The lowest BCUT2D eigenvalue weighted by molar-refractivity contribution is -0.380. The summed E-state index contributed by atoms with van der Waals surface area (Å²) in [6.45, 7) is 4.21. The Hall–Kier alpha value is -1.96. The van der Waals surface area contributed by atoms with Crippen molar-refractivity contribution >= 4 is 28.2 Å². The molecule has 0 aromatic carbocycles. The van der Waals surface area contributed by atoms with Gasteiger partial charge in [0.2, 0.25) is 0 Å². The molecule has 0 aliphatic rings. The Morgan fingerprint density at radius 1 is 1.48 bits per heavy atom. The van der Waals surface area contributed by atoms with Crippen molar-refractivity contribution in [3.63, 3.8) is 0 Å². The fourth-order valence-corrected chi connectivity index (χ4v) is 2.74. The number of nitrogens with one attached hydrogen (secondary N) is 1. The zero-order chi connectivity index (χ0) is 16.0. The molecule has 2 N–H and O–H groups in total. The van der Waals surface area contributed by atoms with Crippen LogP contribution >= 0.6 is 11.3 Å². The van der Waals surface area contributed by atoms with Gasteiger partial charge >= 0.3 is 11.0 Å². The molecule has 1 heterocycles. The van der Waals surface area contributed by atoms with Gasteiger partial charge in [0.1, 0.15) is 0 Å². The summed E-state index contributed by atoms with van der Waals surface area (Å²) >= 11 is 0.888. The van der Waals surface area contributed by atoms with Crippen LogP contribution in [0.2, 0.25) is 0 Å². The minimum Gasteiger partial charge on any atom is -0.481 e. The smallest absolute Gasteiger partial charge is 0.324 e. The Bertz CT molecular complexity index is 526. The van der Waals surface area contributed by atoms with Gasteiger partial charge in [-0.1, -0.05) is 25.2 Å². The Kier molecular flexibility index (Phi) is 6.29. The van der Waals surface area contributed by atoms with E-state index in [1.807, 2.05) is 13.8 Å². The molecule has 1 rings (SSSR count). The summed E-state index contributed by atoms with van der Waals surface area (Å²) in [5, 5.41) is 23.4. The summed E-state index contributed by atoms with van der Waals surface area (Å²) in [5.41, 5.74) is 0.227. The molecule has 1 atom stereocenters. The predicted octanol–water partition coefficient (Wildman–Crippen LogP) is 2.52. The highest BCUT2D eigenvalue weighted by molar-refractivity contribution is 7.13. The number of thiophene rings is 1. The maximum absolute atomic E-state index is 11.9. The fraction of sp³-hybridized carbons (Fsp3) is 0.538. The van der Waals surface area contributed by atoms with Crippen molar-refractivity contribution in [2.75, 3.05) is 6.54 Å². The lowest BCUT2D eigenvalue weighted by Crippen LogP contribution is -2.30. The molecule has 0 bridgehead atoms. The van der Waals surface area contributed by atoms with Gasteiger partial charge in [-0.3, -0.25) is 19.7 Å². The standard InChI is InChI=1S/C13H18N2O5S/c1-8(2)3-9(4-12(16)17)6-14-13(18)10-5-11(15(19)20)21-7-10/h5,7-9H,3-4,6H2,1-2H3,(H,14,18)(H,16,17). The molecule has 0 saturated carbocycles. The summed E-state index contributed by atoms with van der Waals surface area (Å²) in [6, 6.07) is 1.22. The van der Waals surface area contributed by atoms with E-state index in [9.17, 15) is 19.7 Å². The second kappa shape index (κ2) is 7.72. The van der Waals surface area contributed by atoms with Crippen molar-refractivity contribution in [1.29, 1.82) is 0 Å². The average Bonchev–Trinajstić information content (AvgIpc) is 2.83. The normalized spacial score (nSPS) is 12.1. The van der Waals surface area contributed by atoms with Crippen LogP contribution in [-0.4, -0.2) is 28.5 Å². The molecular weight excluding hydrogens is 296 g/mol. The van der Waals surface area contributed by atoms with Crippen LogP contribution in [0.3, 0.4) is 0 Å². The SMILES string of the molecule is CC(C)CC(CNC(=O)c1csc([N+](=O)[O-])c1)CC(=O)O. The molecule has 0 radical (unpaired) electrons. The van der Waals surface area contributed by atoms with Gasteiger partial charge in [-0.05, 0) is 18.3 Å². The minimum absolute atomic E-state index is 0.0117. The quantitative estimate of drug-likeness (QED) is 0.566. The van der Waals surface area contributed by atoms with E-state index in [1.54, 1.807) is 0 Å². The first-order valence-corrected chi connectivity index (χ1v) is 7.40. The molecule has 1 amide bonds.